The number of carbonyl (C=O) groups excluding carboxylic acids is 1. The first-order valence-corrected chi connectivity index (χ1v) is 35.3. The fourth-order valence-electron chi connectivity index (χ4n) is 13.0. The molecule has 18 rings (SSSR count). The molecule has 0 atom stereocenters. The van der Waals surface area contributed by atoms with E-state index in [0.29, 0.717) is 117 Å². The van der Waals surface area contributed by atoms with Crippen molar-refractivity contribution in [2.45, 2.75) is 65.4 Å². The van der Waals surface area contributed by atoms with Crippen molar-refractivity contribution in [2.75, 3.05) is 59.5 Å². The monoisotopic (exact) mass is 1580 g/mol. The van der Waals surface area contributed by atoms with Gasteiger partial charge in [0.05, 0.1) is 66.8 Å². The molecular formula is C81H75F3N23O4Y-. The van der Waals surface area contributed by atoms with Crippen molar-refractivity contribution in [2.24, 2.45) is 0 Å². The van der Waals surface area contributed by atoms with Crippen LogP contribution in [0, 0.1) is 31.8 Å². The van der Waals surface area contributed by atoms with E-state index in [1.165, 1.54) is 30.7 Å². The molecule has 1 radical (unpaired) electrons. The van der Waals surface area contributed by atoms with Gasteiger partial charge in [0, 0.05) is 105 Å². The number of furan rings is 1. The second-order valence-corrected chi connectivity index (χ2v) is 26.0. The Kier molecular flexibility index (Phi) is 23.8. The number of anilines is 6. The summed E-state index contributed by atoms with van der Waals surface area (Å²) in [6.45, 7) is 7.34. The molecule has 10 N–H and O–H groups in total. The molecule has 2 aliphatic rings. The average molecular weight is 1580 g/mol. The molecule has 0 unspecified atom stereocenters. The van der Waals surface area contributed by atoms with E-state index in [4.69, 9.17) is 47.3 Å². The van der Waals surface area contributed by atoms with Crippen molar-refractivity contribution in [1.29, 1.82) is 0 Å². The number of amides is 1. The van der Waals surface area contributed by atoms with E-state index in [2.05, 4.69) is 78.5 Å². The molecule has 563 valence electrons. The second-order valence-electron chi connectivity index (χ2n) is 26.0. The Hall–Kier alpha value is -12.8. The standard InChI is InChI=1S/C22H22FN7O.C20H17FN6.C19H17FN8O.C19H16N2O2.CH3.Y/c1-14-19(29-9-11-31-12-10-29)20(24)27-21(26-14)18-16-6-4-8-25-22(16)30(28-18)13-15-5-2-3-7-17(15)23;21-16-6-2-1-4-13(16)11-27-20-14(5-3-9-23-20)17(26-27)19-24-10-15(12-7-8-12)18(22)25-19;1-10(29)24-15-16(21)25-18(26-17(15)22)14-12-6-4-8-23-19(12)28(27-14)9-11-5-2-3-7-13(11)20;22-13-15-10-11-18(23-15)19-16-8-4-5-9-17(16)21(20-19)12-14-6-2-1-3-7-14;;/h2-8H,9-13H2,1H3,(H2,24,26,27);1-6,9-10,12H,7-8,11H2,(H2,22,24,25);2-8H,9H2,1H3,(H,24,29)(H4,21,22,25,26);1-11,22H,12-13H2;1H3;/q;;;;-1;. The molecule has 5 aromatic carbocycles. The molecule has 1 saturated carbocycles. The number of aliphatic hydroxyl groups excluding tert-OH is 1. The summed E-state index contributed by atoms with van der Waals surface area (Å²) in [4.78, 5) is 53.4. The van der Waals surface area contributed by atoms with Crippen molar-refractivity contribution in [1.82, 2.24) is 84.0 Å². The normalized spacial score (nSPS) is 12.5. The van der Waals surface area contributed by atoms with Crippen LogP contribution in [-0.2, 0) is 75.0 Å². The Balaban J connectivity index is 0.000000131. The van der Waals surface area contributed by atoms with Gasteiger partial charge in [0.2, 0.25) is 5.91 Å². The fourth-order valence-corrected chi connectivity index (χ4v) is 13.0. The van der Waals surface area contributed by atoms with Gasteiger partial charge in [0.15, 0.2) is 57.6 Å². The van der Waals surface area contributed by atoms with Crippen LogP contribution in [0.4, 0.5) is 47.8 Å². The van der Waals surface area contributed by atoms with Crippen molar-refractivity contribution < 1.29 is 64.9 Å². The number of para-hydroxylation sites is 1. The minimum Gasteiger partial charge on any atom is -0.457 e. The van der Waals surface area contributed by atoms with E-state index in [1.54, 1.807) is 112 Å². The van der Waals surface area contributed by atoms with Gasteiger partial charge in [-0.3, -0.25) is 9.48 Å². The van der Waals surface area contributed by atoms with Gasteiger partial charge in [0.25, 0.3) is 0 Å². The summed E-state index contributed by atoms with van der Waals surface area (Å²) in [5, 5.41) is 33.6. The number of pyridine rings is 3. The Morgan fingerprint density at radius 1 is 0.509 bits per heavy atom. The Morgan fingerprint density at radius 2 is 0.964 bits per heavy atom. The predicted molar refractivity (Wildman–Crippen MR) is 419 cm³/mol. The molecule has 1 aliphatic carbocycles. The summed E-state index contributed by atoms with van der Waals surface area (Å²) in [6, 6.07) is 52.8. The maximum Gasteiger partial charge on any atom is 0.221 e. The third-order valence-corrected chi connectivity index (χ3v) is 18.4. The number of nitrogens with one attached hydrogen (secondary N) is 1. The summed E-state index contributed by atoms with van der Waals surface area (Å²) in [5.41, 5.74) is 35.2. The zero-order valence-electron chi connectivity index (χ0n) is 61.2. The number of fused-ring (bicyclic) bond motifs is 4. The number of nitrogen functional groups attached to an aromatic ring is 4. The van der Waals surface area contributed by atoms with Crippen molar-refractivity contribution in [3.8, 4) is 46.0 Å². The molecule has 27 nitrogen and oxygen atoms in total. The maximum atomic E-state index is 14.2. The Bertz CT molecular complexity index is 5990. The summed E-state index contributed by atoms with van der Waals surface area (Å²) in [6.07, 6.45) is 9.07. The largest absolute Gasteiger partial charge is 0.457 e. The number of aromatic nitrogens is 17. The molecule has 12 heterocycles. The number of morpholine rings is 1. The number of benzene rings is 5. The first-order valence-electron chi connectivity index (χ1n) is 35.3. The third-order valence-electron chi connectivity index (χ3n) is 18.4. The van der Waals surface area contributed by atoms with Crippen LogP contribution in [0.1, 0.15) is 65.0 Å². The van der Waals surface area contributed by atoms with E-state index < -0.39 is 0 Å². The van der Waals surface area contributed by atoms with Crippen molar-refractivity contribution >= 4 is 84.6 Å². The topological polar surface area (TPSA) is 366 Å². The second kappa shape index (κ2) is 34.4. The smallest absolute Gasteiger partial charge is 0.221 e. The fraction of sp³-hybridized carbons (Fsp3) is 0.173. The average Bonchev–Trinajstić information content (AvgIpc) is 1.61. The van der Waals surface area contributed by atoms with Crippen LogP contribution >= 0.6 is 0 Å². The summed E-state index contributed by atoms with van der Waals surface area (Å²) >= 11 is 0. The zero-order chi connectivity index (χ0) is 75.9. The van der Waals surface area contributed by atoms with Crippen molar-refractivity contribution in [3.05, 3.63) is 265 Å². The number of rotatable bonds is 16. The molecule has 0 spiro atoms. The number of halogens is 3. The number of aryl methyl sites for hydroxylation is 1. The van der Waals surface area contributed by atoms with Gasteiger partial charge >= 0.3 is 0 Å². The first kappa shape index (κ1) is 77.4. The van der Waals surface area contributed by atoms with Gasteiger partial charge in [-0.15, -0.1) is 0 Å². The van der Waals surface area contributed by atoms with Gasteiger partial charge in [-0.1, -0.05) is 103 Å². The van der Waals surface area contributed by atoms with Crippen LogP contribution in [0.3, 0.4) is 0 Å². The summed E-state index contributed by atoms with van der Waals surface area (Å²) in [7, 11) is 0. The first-order chi connectivity index (χ1) is 53.6. The SMILES string of the molecule is CC(=O)Nc1c(N)nc(-c2nn(Cc3ccccc3F)c3ncccc23)nc1N.Cc1nc(-c2nn(Cc3ccccc3F)c3ncccc23)nc(N)c1N1CCOCC1.Nc1nc(-c2nn(Cc3ccccc3F)c3ncccc23)ncc1C1CC1.OCc1ccc(-c2nn(Cc3ccccc3)c3ccccc23)o1.[CH3-].[Y]. The molecule has 0 bridgehead atoms. The number of aliphatic hydroxyl groups is 1. The Labute approximate surface area is 664 Å². The van der Waals surface area contributed by atoms with Crippen LogP contribution in [0.2, 0.25) is 0 Å². The molecule has 2 fully saturated rings. The quantitative estimate of drug-likeness (QED) is 0.0489. The van der Waals surface area contributed by atoms with E-state index >= 15 is 0 Å². The molecule has 1 saturated heterocycles. The van der Waals surface area contributed by atoms with Crippen LogP contribution in [0.25, 0.3) is 90.0 Å². The molecule has 31 heteroatoms. The number of hydrogen-bond acceptors (Lipinski definition) is 22. The van der Waals surface area contributed by atoms with Crippen LogP contribution in [-0.4, -0.2) is 121 Å². The van der Waals surface area contributed by atoms with Gasteiger partial charge < -0.3 is 54.8 Å². The summed E-state index contributed by atoms with van der Waals surface area (Å²) in [5.74, 6) is 2.48. The van der Waals surface area contributed by atoms with Gasteiger partial charge in [-0.05, 0) is 104 Å². The van der Waals surface area contributed by atoms with Crippen LogP contribution in [0.5, 0.6) is 0 Å². The third kappa shape index (κ3) is 16.8. The van der Waals surface area contributed by atoms with E-state index in [-0.39, 0.29) is 113 Å². The van der Waals surface area contributed by atoms with Crippen molar-refractivity contribution in [3.63, 3.8) is 0 Å². The predicted octanol–water partition coefficient (Wildman–Crippen LogP) is 12.8. The van der Waals surface area contributed by atoms with Gasteiger partial charge in [-0.25, -0.2) is 72.1 Å². The van der Waals surface area contributed by atoms with Gasteiger partial charge in [0.1, 0.15) is 69.8 Å². The minimum atomic E-state index is -0.344. The molecular weight excluding hydrogens is 1500 g/mol. The number of nitrogens with two attached hydrogens (primary N) is 4. The van der Waals surface area contributed by atoms with Gasteiger partial charge in [-0.2, -0.15) is 20.4 Å². The molecule has 112 heavy (non-hydrogen) atoms. The molecule has 1 amide bonds. The van der Waals surface area contributed by atoms with Crippen LogP contribution in [0.15, 0.2) is 205 Å². The number of ether oxygens (including phenoxy) is 1. The summed E-state index contributed by atoms with van der Waals surface area (Å²) < 4.78 is 60.4. The minimum absolute atomic E-state index is 0. The van der Waals surface area contributed by atoms with E-state index in [0.717, 1.165) is 70.2 Å². The van der Waals surface area contributed by atoms with E-state index in [1.807, 2.05) is 78.3 Å². The maximum absolute atomic E-state index is 14.2. The molecule has 1 aliphatic heterocycles. The van der Waals surface area contributed by atoms with E-state index in [9.17, 15) is 23.1 Å². The van der Waals surface area contributed by atoms with Crippen LogP contribution < -0.4 is 33.2 Å². The molecule has 11 aromatic heterocycles. The number of nitrogens with zero attached hydrogens (tertiary/aromatic N) is 18. The number of hydrogen-bond donors (Lipinski definition) is 6. The molecule has 16 aromatic rings. The zero-order valence-corrected chi connectivity index (χ0v) is 64.0. The number of carbonyl (C=O) groups is 1. The Morgan fingerprint density at radius 3 is 1.45 bits per heavy atom.